The minimum Gasteiger partial charge on any atom is -0.493 e. The SMILES string of the molecule is N#Cc1ccc(CCCC(=O)O)c(NC(=O)[C@@H]2CC23CCOc2ccc(C(=O)NC4CCCC4)cc23)c1. The highest BCUT2D eigenvalue weighted by Gasteiger charge is 2.61. The summed E-state index contributed by atoms with van der Waals surface area (Å²) in [4.78, 5) is 37.3. The van der Waals surface area contributed by atoms with E-state index < -0.39 is 5.97 Å². The minimum atomic E-state index is -0.867. The van der Waals surface area contributed by atoms with E-state index in [9.17, 15) is 19.6 Å². The molecule has 1 aliphatic heterocycles. The van der Waals surface area contributed by atoms with Crippen molar-refractivity contribution in [2.45, 2.75) is 69.2 Å². The van der Waals surface area contributed by atoms with E-state index >= 15 is 0 Å². The Labute approximate surface area is 216 Å². The van der Waals surface area contributed by atoms with Crippen LogP contribution in [0, 0.1) is 17.2 Å². The van der Waals surface area contributed by atoms with Crippen LogP contribution in [0.1, 0.15) is 78.4 Å². The maximum atomic E-state index is 13.4. The summed E-state index contributed by atoms with van der Waals surface area (Å²) in [7, 11) is 0. The van der Waals surface area contributed by atoms with Gasteiger partial charge in [0.25, 0.3) is 5.91 Å². The topological polar surface area (TPSA) is 129 Å². The molecule has 8 nitrogen and oxygen atoms in total. The van der Waals surface area contributed by atoms with E-state index in [1.165, 1.54) is 0 Å². The molecule has 8 heteroatoms. The number of carboxylic acid groups (broad SMARTS) is 1. The zero-order chi connectivity index (χ0) is 26.0. The molecule has 3 aliphatic rings. The molecule has 0 aromatic heterocycles. The second-order valence-electron chi connectivity index (χ2n) is 10.4. The van der Waals surface area contributed by atoms with Gasteiger partial charge in [-0.25, -0.2) is 0 Å². The van der Waals surface area contributed by atoms with Gasteiger partial charge in [0.15, 0.2) is 0 Å². The van der Waals surface area contributed by atoms with Crippen molar-refractivity contribution in [1.82, 2.24) is 5.32 Å². The monoisotopic (exact) mass is 501 g/mol. The lowest BCUT2D eigenvalue weighted by atomic mass is 9.86. The summed E-state index contributed by atoms with van der Waals surface area (Å²) in [6, 6.07) is 12.9. The molecule has 0 radical (unpaired) electrons. The van der Waals surface area contributed by atoms with Crippen LogP contribution in [0.25, 0.3) is 0 Å². The molecule has 2 aromatic carbocycles. The highest BCUT2D eigenvalue weighted by atomic mass is 16.5. The summed E-state index contributed by atoms with van der Waals surface area (Å²) < 4.78 is 5.88. The quantitative estimate of drug-likeness (QED) is 0.494. The summed E-state index contributed by atoms with van der Waals surface area (Å²) in [5.41, 5.74) is 2.90. The molecule has 2 fully saturated rings. The molecular formula is C29H31N3O5. The van der Waals surface area contributed by atoms with Crippen LogP contribution in [0.15, 0.2) is 36.4 Å². The van der Waals surface area contributed by atoms with E-state index in [0.717, 1.165) is 42.6 Å². The van der Waals surface area contributed by atoms with Crippen LogP contribution in [-0.4, -0.2) is 35.5 Å². The van der Waals surface area contributed by atoms with E-state index in [4.69, 9.17) is 9.84 Å². The Bertz CT molecular complexity index is 1280. The van der Waals surface area contributed by atoms with E-state index in [-0.39, 0.29) is 35.6 Å². The molecule has 5 rings (SSSR count). The van der Waals surface area contributed by atoms with Gasteiger partial charge in [-0.2, -0.15) is 5.26 Å². The number of hydrogen-bond acceptors (Lipinski definition) is 5. The third kappa shape index (κ3) is 5.17. The van der Waals surface area contributed by atoms with Crippen molar-refractivity contribution in [3.8, 4) is 11.8 Å². The molecule has 3 N–H and O–H groups in total. The predicted octanol–water partition coefficient (Wildman–Crippen LogP) is 4.32. The molecule has 2 aliphatic carbocycles. The maximum absolute atomic E-state index is 13.4. The molecule has 2 atom stereocenters. The normalized spacial score (nSPS) is 22.0. The average molecular weight is 502 g/mol. The molecule has 2 saturated carbocycles. The van der Waals surface area contributed by atoms with Crippen molar-refractivity contribution in [3.05, 3.63) is 58.7 Å². The van der Waals surface area contributed by atoms with Crippen LogP contribution < -0.4 is 15.4 Å². The smallest absolute Gasteiger partial charge is 0.303 e. The number of carboxylic acids is 1. The number of amides is 2. The number of aryl methyl sites for hydroxylation is 1. The van der Waals surface area contributed by atoms with Crippen LogP contribution in [0.4, 0.5) is 5.69 Å². The first-order valence-corrected chi connectivity index (χ1v) is 13.0. The zero-order valence-electron chi connectivity index (χ0n) is 20.7. The van der Waals surface area contributed by atoms with E-state index in [1.807, 2.05) is 12.1 Å². The lowest BCUT2D eigenvalue weighted by Gasteiger charge is -2.27. The van der Waals surface area contributed by atoms with Crippen molar-refractivity contribution < 1.29 is 24.2 Å². The van der Waals surface area contributed by atoms with E-state index in [2.05, 4.69) is 16.7 Å². The van der Waals surface area contributed by atoms with Gasteiger partial charge in [0, 0.05) is 40.6 Å². The molecule has 1 unspecified atom stereocenters. The number of aliphatic carboxylic acids is 1. The summed E-state index contributed by atoms with van der Waals surface area (Å²) in [5, 5.41) is 24.5. The number of ether oxygens (including phenoxy) is 1. The van der Waals surface area contributed by atoms with Gasteiger partial charge in [0.1, 0.15) is 5.75 Å². The minimum absolute atomic E-state index is 0.0343. The Balaban J connectivity index is 1.33. The molecular weight excluding hydrogens is 470 g/mol. The maximum Gasteiger partial charge on any atom is 0.303 e. The fraction of sp³-hybridized carbons (Fsp3) is 0.448. The Kier molecular flexibility index (Phi) is 6.88. The number of carbonyl (C=O) groups is 3. The fourth-order valence-corrected chi connectivity index (χ4v) is 5.86. The number of anilines is 1. The third-order valence-corrected chi connectivity index (χ3v) is 8.00. The van der Waals surface area contributed by atoms with Gasteiger partial charge < -0.3 is 20.5 Å². The Morgan fingerprint density at radius 3 is 2.70 bits per heavy atom. The van der Waals surface area contributed by atoms with Crippen LogP contribution >= 0.6 is 0 Å². The van der Waals surface area contributed by atoms with Crippen molar-refractivity contribution in [2.75, 3.05) is 11.9 Å². The number of nitrogens with zero attached hydrogens (tertiary/aromatic N) is 1. The Morgan fingerprint density at radius 2 is 1.95 bits per heavy atom. The van der Waals surface area contributed by atoms with Crippen LogP contribution in [0.5, 0.6) is 5.75 Å². The lowest BCUT2D eigenvalue weighted by molar-refractivity contribution is -0.137. The first kappa shape index (κ1) is 24.8. The third-order valence-electron chi connectivity index (χ3n) is 8.00. The Hall–Kier alpha value is -3.86. The first-order chi connectivity index (χ1) is 17.9. The molecule has 0 bridgehead atoms. The fourth-order valence-electron chi connectivity index (χ4n) is 5.86. The molecule has 192 valence electrons. The zero-order valence-corrected chi connectivity index (χ0v) is 20.7. The van der Waals surface area contributed by atoms with Gasteiger partial charge in [-0.15, -0.1) is 0 Å². The summed E-state index contributed by atoms with van der Waals surface area (Å²) in [5.74, 6) is -0.644. The van der Waals surface area contributed by atoms with Gasteiger partial charge in [-0.1, -0.05) is 18.9 Å². The van der Waals surface area contributed by atoms with Crippen LogP contribution in [0.2, 0.25) is 0 Å². The second kappa shape index (κ2) is 10.3. The summed E-state index contributed by atoms with van der Waals surface area (Å²) in [6.07, 6.45) is 6.61. The molecule has 1 heterocycles. The van der Waals surface area contributed by atoms with Gasteiger partial charge in [0.2, 0.25) is 5.91 Å². The van der Waals surface area contributed by atoms with Crippen molar-refractivity contribution >= 4 is 23.5 Å². The molecule has 2 amide bonds. The van der Waals surface area contributed by atoms with Crippen molar-refractivity contribution in [1.29, 1.82) is 5.26 Å². The molecule has 1 spiro atoms. The van der Waals surface area contributed by atoms with Crippen molar-refractivity contribution in [2.24, 2.45) is 5.92 Å². The first-order valence-electron chi connectivity index (χ1n) is 13.0. The highest BCUT2D eigenvalue weighted by molar-refractivity contribution is 5.98. The van der Waals surface area contributed by atoms with E-state index in [0.29, 0.717) is 49.1 Å². The summed E-state index contributed by atoms with van der Waals surface area (Å²) in [6.45, 7) is 0.509. The summed E-state index contributed by atoms with van der Waals surface area (Å²) >= 11 is 0. The van der Waals surface area contributed by atoms with E-state index in [1.54, 1.807) is 24.3 Å². The largest absolute Gasteiger partial charge is 0.493 e. The van der Waals surface area contributed by atoms with Crippen LogP contribution in [0.3, 0.4) is 0 Å². The van der Waals surface area contributed by atoms with Gasteiger partial charge in [-0.05, 0) is 74.4 Å². The van der Waals surface area contributed by atoms with Gasteiger partial charge in [0.05, 0.1) is 18.2 Å². The van der Waals surface area contributed by atoms with Gasteiger partial charge >= 0.3 is 5.97 Å². The lowest BCUT2D eigenvalue weighted by Crippen LogP contribution is -2.33. The van der Waals surface area contributed by atoms with Gasteiger partial charge in [-0.3, -0.25) is 14.4 Å². The molecule has 37 heavy (non-hydrogen) atoms. The highest BCUT2D eigenvalue weighted by Crippen LogP contribution is 2.61. The number of nitrogens with one attached hydrogen (secondary N) is 2. The second-order valence-corrected chi connectivity index (χ2v) is 10.4. The number of rotatable bonds is 8. The Morgan fingerprint density at radius 1 is 1.14 bits per heavy atom. The van der Waals surface area contributed by atoms with Crippen LogP contribution in [-0.2, 0) is 21.4 Å². The number of benzene rings is 2. The number of nitriles is 1. The number of fused-ring (bicyclic) bond motifs is 2. The van der Waals surface area contributed by atoms with Crippen molar-refractivity contribution in [3.63, 3.8) is 0 Å². The standard InChI is InChI=1S/C29H31N3O5/c30-17-18-8-9-19(4-3-7-26(33)34)24(14-18)32-28(36)23-16-29(23)12-13-37-25-11-10-20(15-22(25)29)27(35)31-21-5-1-2-6-21/h8-11,14-15,21,23H,1-7,12-13,16H2,(H,31,35)(H,32,36)(H,33,34)/t23-,29?/m0/s1. The number of carbonyl (C=O) groups excluding carboxylic acids is 2. The average Bonchev–Trinajstić information content (AvgIpc) is 3.37. The molecule has 0 saturated heterocycles. The number of hydrogen-bond donors (Lipinski definition) is 3. The molecule has 2 aromatic rings. The predicted molar refractivity (Wildman–Crippen MR) is 136 cm³/mol.